The van der Waals surface area contributed by atoms with E-state index in [1.165, 1.54) is 7.11 Å². The van der Waals surface area contributed by atoms with Gasteiger partial charge in [-0.2, -0.15) is 0 Å². The number of piperazine rings is 1. The number of anilines is 1. The molecule has 0 spiro atoms. The number of amides is 1. The predicted octanol–water partition coefficient (Wildman–Crippen LogP) is 1.83. The molecule has 1 amide bonds. The Morgan fingerprint density at radius 1 is 0.968 bits per heavy atom. The maximum absolute atomic E-state index is 12.9. The number of hydrogen-bond donors (Lipinski definition) is 1. The topological polar surface area (TPSA) is 83.5 Å². The fraction of sp³-hybridized carbons (Fsp3) is 0.348. The Bertz CT molecular complexity index is 971. The lowest BCUT2D eigenvalue weighted by Crippen LogP contribution is -2.57. The number of carbonyl (C=O) groups excluding carboxylic acids is 2. The van der Waals surface area contributed by atoms with E-state index in [1.54, 1.807) is 7.11 Å². The zero-order chi connectivity index (χ0) is 21.8. The summed E-state index contributed by atoms with van der Waals surface area (Å²) in [6, 6.07) is 16.7. The average Bonchev–Trinajstić information content (AvgIpc) is 2.83. The van der Waals surface area contributed by atoms with Crippen LogP contribution in [0.5, 0.6) is 5.75 Å². The lowest BCUT2D eigenvalue weighted by Gasteiger charge is -2.40. The molecule has 0 saturated carbocycles. The Morgan fingerprint density at radius 2 is 1.61 bits per heavy atom. The first kappa shape index (κ1) is 20.7. The number of rotatable bonds is 4. The number of aliphatic imine (C=N–C) groups is 1. The van der Waals surface area contributed by atoms with Gasteiger partial charge in [0.25, 0.3) is 0 Å². The molecule has 2 heterocycles. The van der Waals surface area contributed by atoms with Gasteiger partial charge in [-0.05, 0) is 17.7 Å². The number of esters is 1. The van der Waals surface area contributed by atoms with E-state index in [0.717, 1.165) is 30.1 Å². The van der Waals surface area contributed by atoms with Gasteiger partial charge >= 0.3 is 5.97 Å². The molecule has 31 heavy (non-hydrogen) atoms. The summed E-state index contributed by atoms with van der Waals surface area (Å²) in [7, 11) is 2.96. The lowest BCUT2D eigenvalue weighted by molar-refractivity contribution is -0.151. The second-order valence-electron chi connectivity index (χ2n) is 7.44. The van der Waals surface area contributed by atoms with Crippen molar-refractivity contribution in [3.05, 3.63) is 60.2 Å². The lowest BCUT2D eigenvalue weighted by atomic mass is 9.91. The van der Waals surface area contributed by atoms with Crippen molar-refractivity contribution in [2.45, 2.75) is 6.04 Å². The number of methoxy groups -OCH3 is 2. The summed E-state index contributed by atoms with van der Waals surface area (Å²) in [6.07, 6.45) is 0. The molecule has 8 heteroatoms. The highest BCUT2D eigenvalue weighted by Gasteiger charge is 2.42. The van der Waals surface area contributed by atoms with E-state index < -0.39 is 23.8 Å². The zero-order valence-electron chi connectivity index (χ0n) is 17.7. The first-order valence-corrected chi connectivity index (χ1v) is 10.3. The predicted molar refractivity (Wildman–Crippen MR) is 117 cm³/mol. The van der Waals surface area contributed by atoms with Crippen LogP contribution in [0.1, 0.15) is 11.6 Å². The molecule has 0 aromatic heterocycles. The van der Waals surface area contributed by atoms with Gasteiger partial charge in [-0.1, -0.05) is 42.5 Å². The van der Waals surface area contributed by atoms with Gasteiger partial charge in [-0.15, -0.1) is 0 Å². The van der Waals surface area contributed by atoms with Crippen molar-refractivity contribution in [1.29, 1.82) is 0 Å². The van der Waals surface area contributed by atoms with E-state index in [9.17, 15) is 9.59 Å². The molecule has 1 saturated heterocycles. The summed E-state index contributed by atoms with van der Waals surface area (Å²) < 4.78 is 10.4. The van der Waals surface area contributed by atoms with Crippen LogP contribution >= 0.6 is 0 Å². The highest BCUT2D eigenvalue weighted by atomic mass is 16.5. The molecular weight excluding hydrogens is 396 g/mol. The summed E-state index contributed by atoms with van der Waals surface area (Å²) in [5, 5.41) is 2.82. The Labute approximate surface area is 181 Å². The van der Waals surface area contributed by atoms with Crippen LogP contribution in [0, 0.1) is 5.92 Å². The first-order chi connectivity index (χ1) is 15.1. The second kappa shape index (κ2) is 9.07. The minimum atomic E-state index is -1.01. The van der Waals surface area contributed by atoms with Crippen molar-refractivity contribution in [3.63, 3.8) is 0 Å². The van der Waals surface area contributed by atoms with Crippen LogP contribution in [0.3, 0.4) is 0 Å². The van der Waals surface area contributed by atoms with Crippen LogP contribution in [-0.4, -0.2) is 63.1 Å². The quantitative estimate of drug-likeness (QED) is 0.598. The summed E-state index contributed by atoms with van der Waals surface area (Å²) in [6.45, 7) is 2.88. The third-order valence-corrected chi connectivity index (χ3v) is 5.70. The van der Waals surface area contributed by atoms with Gasteiger partial charge in [0.05, 0.1) is 19.9 Å². The Kier molecular flexibility index (Phi) is 6.06. The van der Waals surface area contributed by atoms with Gasteiger partial charge < -0.3 is 19.3 Å². The van der Waals surface area contributed by atoms with Gasteiger partial charge in [0.2, 0.25) is 11.9 Å². The van der Waals surface area contributed by atoms with Crippen LogP contribution < -0.4 is 15.0 Å². The number of nitrogens with one attached hydrogen (secondary N) is 1. The summed E-state index contributed by atoms with van der Waals surface area (Å²) >= 11 is 0. The van der Waals surface area contributed by atoms with Crippen molar-refractivity contribution in [1.82, 2.24) is 10.2 Å². The van der Waals surface area contributed by atoms with E-state index in [4.69, 9.17) is 14.5 Å². The second-order valence-corrected chi connectivity index (χ2v) is 7.44. The summed E-state index contributed by atoms with van der Waals surface area (Å²) in [5.41, 5.74) is 1.85. The minimum absolute atomic E-state index is 0.391. The Morgan fingerprint density at radius 3 is 2.29 bits per heavy atom. The first-order valence-electron chi connectivity index (χ1n) is 10.3. The number of benzene rings is 2. The normalized spacial score (nSPS) is 21.2. The molecule has 2 atom stereocenters. The third-order valence-electron chi connectivity index (χ3n) is 5.70. The maximum atomic E-state index is 12.9. The highest BCUT2D eigenvalue weighted by Crippen LogP contribution is 2.32. The van der Waals surface area contributed by atoms with Crippen molar-refractivity contribution in [3.8, 4) is 5.75 Å². The number of nitrogens with zero attached hydrogens (tertiary/aromatic N) is 3. The highest BCUT2D eigenvalue weighted by molar-refractivity contribution is 6.08. The van der Waals surface area contributed by atoms with E-state index in [2.05, 4.69) is 10.2 Å². The van der Waals surface area contributed by atoms with Crippen LogP contribution in [0.25, 0.3) is 0 Å². The molecule has 1 fully saturated rings. The van der Waals surface area contributed by atoms with Crippen molar-refractivity contribution < 1.29 is 19.1 Å². The van der Waals surface area contributed by atoms with Crippen molar-refractivity contribution in [2.24, 2.45) is 10.9 Å². The molecule has 2 aromatic carbocycles. The molecular formula is C23H26N4O4. The molecule has 2 aliphatic rings. The van der Waals surface area contributed by atoms with Crippen LogP contribution in [0.15, 0.2) is 59.6 Å². The maximum Gasteiger partial charge on any atom is 0.320 e. The largest absolute Gasteiger partial charge is 0.495 e. The molecule has 1 N–H and O–H groups in total. The smallest absolute Gasteiger partial charge is 0.320 e. The number of para-hydroxylation sites is 2. The summed E-state index contributed by atoms with van der Waals surface area (Å²) in [4.78, 5) is 34.3. The van der Waals surface area contributed by atoms with E-state index in [-0.39, 0.29) is 0 Å². The zero-order valence-corrected chi connectivity index (χ0v) is 17.7. The monoisotopic (exact) mass is 422 g/mol. The van der Waals surface area contributed by atoms with Crippen molar-refractivity contribution in [2.75, 3.05) is 45.3 Å². The summed E-state index contributed by atoms with van der Waals surface area (Å²) in [5.74, 6) is -0.651. The van der Waals surface area contributed by atoms with Crippen LogP contribution in [-0.2, 0) is 14.3 Å². The molecule has 0 unspecified atom stereocenters. The molecule has 8 nitrogen and oxygen atoms in total. The van der Waals surface area contributed by atoms with Crippen LogP contribution in [0.2, 0.25) is 0 Å². The van der Waals surface area contributed by atoms with Gasteiger partial charge in [0, 0.05) is 26.2 Å². The van der Waals surface area contributed by atoms with Crippen LogP contribution in [0.4, 0.5) is 5.69 Å². The molecule has 2 aliphatic heterocycles. The third kappa shape index (κ3) is 4.19. The number of hydrogen-bond acceptors (Lipinski definition) is 7. The molecule has 0 radical (unpaired) electrons. The Hall–Kier alpha value is -3.55. The molecule has 2 aromatic rings. The van der Waals surface area contributed by atoms with Gasteiger partial charge in [-0.3, -0.25) is 14.9 Å². The molecule has 162 valence electrons. The van der Waals surface area contributed by atoms with Gasteiger partial charge in [-0.25, -0.2) is 4.99 Å². The molecule has 0 aliphatic carbocycles. The number of guanidine groups is 1. The molecule has 0 bridgehead atoms. The number of ether oxygens (including phenoxy) is 2. The van der Waals surface area contributed by atoms with E-state index in [0.29, 0.717) is 19.0 Å². The fourth-order valence-electron chi connectivity index (χ4n) is 4.06. The average molecular weight is 422 g/mol. The van der Waals surface area contributed by atoms with E-state index >= 15 is 0 Å². The minimum Gasteiger partial charge on any atom is -0.495 e. The van der Waals surface area contributed by atoms with Crippen molar-refractivity contribution >= 4 is 23.5 Å². The standard InChI is InChI=1S/C23H26N4O4/c1-30-18-11-7-6-10-17(18)26-12-14-27(15-13-26)23-24-20(16-8-4-3-5-9-16)19(21(28)25-23)22(29)31-2/h3-11,19-20H,12-15H2,1-2H3,(H,24,25,28)/t19-,20-/m1/s1. The van der Waals surface area contributed by atoms with Gasteiger partial charge in [0.15, 0.2) is 5.92 Å². The van der Waals surface area contributed by atoms with Gasteiger partial charge in [0.1, 0.15) is 11.8 Å². The molecule has 4 rings (SSSR count). The van der Waals surface area contributed by atoms with E-state index in [1.807, 2.05) is 59.5 Å². The SMILES string of the molecule is COC(=O)[C@H]1C(=O)NC(N2CCN(c3ccccc3OC)CC2)=N[C@@H]1c1ccccc1. The fourth-order valence-corrected chi connectivity index (χ4v) is 4.06. The number of carbonyl (C=O) groups is 2. The Balaban J connectivity index is 1.55.